The van der Waals surface area contributed by atoms with Crippen LogP contribution in [0.4, 0.5) is 0 Å². The van der Waals surface area contributed by atoms with Gasteiger partial charge in [-0.25, -0.2) is 4.98 Å². The number of fused-ring (bicyclic) bond motifs is 3. The van der Waals surface area contributed by atoms with Gasteiger partial charge in [0.15, 0.2) is 0 Å². The lowest BCUT2D eigenvalue weighted by Gasteiger charge is -2.11. The second kappa shape index (κ2) is 6.35. The van der Waals surface area contributed by atoms with Gasteiger partial charge in [0, 0.05) is 11.6 Å². The number of nitrogens with zero attached hydrogens (tertiary/aromatic N) is 1. The van der Waals surface area contributed by atoms with Crippen molar-refractivity contribution in [3.63, 3.8) is 0 Å². The first-order valence-electron chi connectivity index (χ1n) is 9.01. The Morgan fingerprint density at radius 3 is 2.18 bits per heavy atom. The number of aliphatic hydroxyl groups is 1. The van der Waals surface area contributed by atoms with E-state index in [1.165, 1.54) is 6.08 Å². The van der Waals surface area contributed by atoms with E-state index in [-0.39, 0.29) is 17.0 Å². The Kier molecular flexibility index (Phi) is 3.69. The molecule has 0 saturated heterocycles. The first kappa shape index (κ1) is 16.3. The average Bonchev–Trinajstić information content (AvgIpc) is 2.72. The van der Waals surface area contributed by atoms with E-state index in [1.54, 1.807) is 6.07 Å². The quantitative estimate of drug-likeness (QED) is 0.331. The Hall–Kier alpha value is -3.92. The molecule has 0 aliphatic heterocycles. The highest BCUT2D eigenvalue weighted by molar-refractivity contribution is 6.09. The summed E-state index contributed by atoms with van der Waals surface area (Å²) < 4.78 is 0. The molecule has 0 aliphatic carbocycles. The number of hydrogen-bond donors (Lipinski definition) is 2. The fourth-order valence-electron chi connectivity index (χ4n) is 3.63. The van der Waals surface area contributed by atoms with Crippen molar-refractivity contribution in [2.24, 2.45) is 0 Å². The zero-order valence-corrected chi connectivity index (χ0v) is 14.9. The van der Waals surface area contributed by atoms with Crippen molar-refractivity contribution >= 4 is 44.4 Å². The molecule has 0 radical (unpaired) electrons. The maximum atomic E-state index is 12.5. The fourth-order valence-corrected chi connectivity index (χ4v) is 3.63. The maximum absolute atomic E-state index is 12.5. The van der Waals surface area contributed by atoms with E-state index < -0.39 is 0 Å². The van der Waals surface area contributed by atoms with Crippen LogP contribution in [0.25, 0.3) is 44.4 Å². The monoisotopic (exact) mass is 364 g/mol. The number of hydrogen-bond acceptors (Lipinski definition) is 3. The molecule has 0 unspecified atom stereocenters. The lowest BCUT2D eigenvalue weighted by molar-refractivity contribution is 0.517. The highest BCUT2D eigenvalue weighted by atomic mass is 16.3. The molecule has 5 rings (SSSR count). The predicted molar refractivity (Wildman–Crippen MR) is 114 cm³/mol. The van der Waals surface area contributed by atoms with E-state index >= 15 is 0 Å². The Morgan fingerprint density at radius 2 is 1.46 bits per heavy atom. The van der Waals surface area contributed by atoms with Crippen LogP contribution in [0.5, 0.6) is 0 Å². The van der Waals surface area contributed by atoms with Gasteiger partial charge in [0.2, 0.25) is 0 Å². The molecule has 1 aromatic heterocycles. The highest BCUT2D eigenvalue weighted by Crippen LogP contribution is 2.32. The minimum atomic E-state index is -0.338. The van der Waals surface area contributed by atoms with Crippen LogP contribution in [0, 0.1) is 0 Å². The standard InChI is InChI=1S/C24H16N2O2/c27-22(14-21-24(28)26-20-12-6-5-11-19(20)25-21)23-17-9-3-1-7-15(17)13-16-8-2-4-10-18(16)23/h1-14,27H,(H,26,28)/b22-14-. The number of H-pyrrole nitrogens is 1. The minimum Gasteiger partial charge on any atom is -0.507 e. The molecule has 0 fully saturated rings. The minimum absolute atomic E-state index is 0.0151. The van der Waals surface area contributed by atoms with Crippen molar-refractivity contribution in [3.05, 3.63) is 100 Å². The van der Waals surface area contributed by atoms with Crippen LogP contribution in [-0.2, 0) is 0 Å². The van der Waals surface area contributed by atoms with Crippen molar-refractivity contribution in [2.75, 3.05) is 0 Å². The third kappa shape index (κ3) is 2.63. The molecule has 28 heavy (non-hydrogen) atoms. The van der Waals surface area contributed by atoms with Gasteiger partial charge in [-0.1, -0.05) is 60.7 Å². The Balaban J connectivity index is 1.80. The molecule has 0 spiro atoms. The Morgan fingerprint density at radius 1 is 0.857 bits per heavy atom. The molecular formula is C24H16N2O2. The van der Waals surface area contributed by atoms with Gasteiger partial charge in [0.25, 0.3) is 5.56 Å². The molecule has 0 saturated carbocycles. The van der Waals surface area contributed by atoms with Crippen molar-refractivity contribution in [1.29, 1.82) is 0 Å². The van der Waals surface area contributed by atoms with Gasteiger partial charge in [0.1, 0.15) is 11.5 Å². The zero-order valence-electron chi connectivity index (χ0n) is 14.9. The summed E-state index contributed by atoms with van der Waals surface area (Å²) in [4.78, 5) is 19.7. The number of benzene rings is 4. The van der Waals surface area contributed by atoms with Crippen LogP contribution in [0.2, 0.25) is 0 Å². The summed E-state index contributed by atoms with van der Waals surface area (Å²) in [5, 5.41) is 14.9. The third-order valence-electron chi connectivity index (χ3n) is 4.93. The topological polar surface area (TPSA) is 66.0 Å². The van der Waals surface area contributed by atoms with Gasteiger partial charge in [-0.2, -0.15) is 0 Å². The van der Waals surface area contributed by atoms with Gasteiger partial charge < -0.3 is 10.1 Å². The second-order valence-electron chi connectivity index (χ2n) is 6.69. The van der Waals surface area contributed by atoms with E-state index in [0.717, 1.165) is 21.5 Å². The molecule has 0 amide bonds. The normalized spacial score (nSPS) is 12.1. The molecule has 0 bridgehead atoms. The number of aliphatic hydroxyl groups excluding tert-OH is 1. The van der Waals surface area contributed by atoms with E-state index in [2.05, 4.69) is 16.0 Å². The number of nitrogens with one attached hydrogen (secondary N) is 1. The van der Waals surface area contributed by atoms with Crippen LogP contribution in [-0.4, -0.2) is 15.1 Å². The lowest BCUT2D eigenvalue weighted by atomic mass is 9.95. The maximum Gasteiger partial charge on any atom is 0.274 e. The molecule has 4 heteroatoms. The lowest BCUT2D eigenvalue weighted by Crippen LogP contribution is -2.12. The highest BCUT2D eigenvalue weighted by Gasteiger charge is 2.12. The van der Waals surface area contributed by atoms with Crippen molar-refractivity contribution < 1.29 is 5.11 Å². The molecular weight excluding hydrogens is 348 g/mol. The van der Waals surface area contributed by atoms with E-state index in [4.69, 9.17) is 0 Å². The van der Waals surface area contributed by atoms with Crippen molar-refractivity contribution in [3.8, 4) is 0 Å². The first-order chi connectivity index (χ1) is 13.7. The van der Waals surface area contributed by atoms with Crippen molar-refractivity contribution in [1.82, 2.24) is 9.97 Å². The molecule has 2 N–H and O–H groups in total. The summed E-state index contributed by atoms with van der Waals surface area (Å²) in [6.45, 7) is 0. The summed E-state index contributed by atoms with van der Waals surface area (Å²) in [5.41, 5.74) is 1.87. The van der Waals surface area contributed by atoms with E-state index in [0.29, 0.717) is 16.6 Å². The molecule has 134 valence electrons. The third-order valence-corrected chi connectivity index (χ3v) is 4.93. The molecule has 0 atom stereocenters. The molecule has 4 nitrogen and oxygen atoms in total. The van der Waals surface area contributed by atoms with Crippen LogP contribution in [0.3, 0.4) is 0 Å². The van der Waals surface area contributed by atoms with Gasteiger partial charge in [-0.15, -0.1) is 0 Å². The summed E-state index contributed by atoms with van der Waals surface area (Å²) in [5.74, 6) is 0.0151. The SMILES string of the molecule is O=c1[nH]c2ccccc2nc1/C=C(\O)c1c2ccccc2cc2ccccc12. The first-order valence-corrected chi connectivity index (χ1v) is 9.01. The largest absolute Gasteiger partial charge is 0.507 e. The smallest absolute Gasteiger partial charge is 0.274 e. The predicted octanol–water partition coefficient (Wildman–Crippen LogP) is 5.29. The number of aromatic amines is 1. The summed E-state index contributed by atoms with van der Waals surface area (Å²) in [6, 6.07) is 25.2. The summed E-state index contributed by atoms with van der Waals surface area (Å²) >= 11 is 0. The van der Waals surface area contributed by atoms with Gasteiger partial charge in [-0.05, 0) is 39.7 Å². The van der Waals surface area contributed by atoms with E-state index in [9.17, 15) is 9.90 Å². The summed E-state index contributed by atoms with van der Waals surface area (Å²) in [7, 11) is 0. The van der Waals surface area contributed by atoms with Crippen LogP contribution in [0.1, 0.15) is 11.3 Å². The van der Waals surface area contributed by atoms with E-state index in [1.807, 2.05) is 66.7 Å². The average molecular weight is 364 g/mol. The van der Waals surface area contributed by atoms with Gasteiger partial charge in [0.05, 0.1) is 11.0 Å². The molecule has 1 heterocycles. The van der Waals surface area contributed by atoms with Crippen molar-refractivity contribution in [2.45, 2.75) is 0 Å². The molecule has 0 aliphatic rings. The number of rotatable bonds is 2. The zero-order chi connectivity index (χ0) is 19.1. The van der Waals surface area contributed by atoms with Gasteiger partial charge in [-0.3, -0.25) is 4.79 Å². The number of aromatic nitrogens is 2. The second-order valence-corrected chi connectivity index (χ2v) is 6.69. The number of para-hydroxylation sites is 2. The van der Waals surface area contributed by atoms with Crippen LogP contribution in [0.15, 0.2) is 83.7 Å². The Labute approximate surface area is 160 Å². The van der Waals surface area contributed by atoms with Crippen LogP contribution < -0.4 is 5.56 Å². The molecule has 5 aromatic rings. The van der Waals surface area contributed by atoms with Gasteiger partial charge >= 0.3 is 0 Å². The summed E-state index contributed by atoms with van der Waals surface area (Å²) in [6.07, 6.45) is 1.44. The fraction of sp³-hybridized carbons (Fsp3) is 0. The van der Waals surface area contributed by atoms with Crippen LogP contribution >= 0.6 is 0 Å². The molecule has 4 aromatic carbocycles. The Bertz CT molecular complexity index is 1390.